The summed E-state index contributed by atoms with van der Waals surface area (Å²) in [6.45, 7) is 1.29. The maximum absolute atomic E-state index is 11.3. The van der Waals surface area contributed by atoms with E-state index in [0.29, 0.717) is 29.1 Å². The quantitative estimate of drug-likeness (QED) is 0.797. The first-order chi connectivity index (χ1) is 8.20. The second kappa shape index (κ2) is 5.46. The van der Waals surface area contributed by atoms with Crippen LogP contribution in [0.5, 0.6) is 5.88 Å². The lowest BCUT2D eigenvalue weighted by Crippen LogP contribution is -2.17. The van der Waals surface area contributed by atoms with E-state index in [1.165, 1.54) is 13.3 Å². The monoisotopic (exact) mass is 301 g/mol. The molecule has 1 aromatic heterocycles. The molecule has 0 radical (unpaired) electrons. The zero-order chi connectivity index (χ0) is 12.3. The Morgan fingerprint density at radius 3 is 3.06 bits per heavy atom. The molecular formula is C11H12BrNO4. The van der Waals surface area contributed by atoms with Crippen LogP contribution in [-0.4, -0.2) is 37.4 Å². The molecule has 6 heteroatoms. The van der Waals surface area contributed by atoms with Crippen molar-refractivity contribution in [3.63, 3.8) is 0 Å². The second-order valence-corrected chi connectivity index (χ2v) is 4.46. The fourth-order valence-corrected chi connectivity index (χ4v) is 1.95. The molecule has 17 heavy (non-hydrogen) atoms. The van der Waals surface area contributed by atoms with Gasteiger partial charge in [-0.1, -0.05) is 0 Å². The minimum atomic E-state index is -0.422. The third-order valence-electron chi connectivity index (χ3n) is 2.39. The predicted octanol–water partition coefficient (Wildman–Crippen LogP) is 1.80. The number of ether oxygens (including phenoxy) is 3. The molecule has 0 bridgehead atoms. The van der Waals surface area contributed by atoms with Crippen LogP contribution in [0.2, 0.25) is 0 Å². The summed E-state index contributed by atoms with van der Waals surface area (Å²) in [7, 11) is 1.33. The third kappa shape index (κ3) is 2.95. The molecule has 1 aliphatic heterocycles. The number of carbonyl (C=O) groups is 1. The van der Waals surface area contributed by atoms with Gasteiger partial charge in [0.1, 0.15) is 6.10 Å². The Balaban J connectivity index is 2.10. The van der Waals surface area contributed by atoms with Gasteiger partial charge in [0.25, 0.3) is 0 Å². The van der Waals surface area contributed by atoms with Crippen LogP contribution in [0.15, 0.2) is 16.7 Å². The Labute approximate surface area is 107 Å². The Morgan fingerprint density at radius 2 is 2.47 bits per heavy atom. The standard InChI is InChI=1S/C11H12BrNO4/c1-15-11(14)7-4-9(12)10(13-5-7)17-8-2-3-16-6-8/h4-5,8H,2-3,6H2,1H3. The molecule has 92 valence electrons. The molecule has 0 saturated carbocycles. The van der Waals surface area contributed by atoms with E-state index in [9.17, 15) is 4.79 Å². The van der Waals surface area contributed by atoms with E-state index < -0.39 is 5.97 Å². The number of esters is 1. The van der Waals surface area contributed by atoms with Crippen LogP contribution in [-0.2, 0) is 9.47 Å². The average molecular weight is 302 g/mol. The van der Waals surface area contributed by atoms with E-state index in [4.69, 9.17) is 9.47 Å². The van der Waals surface area contributed by atoms with E-state index in [0.717, 1.165) is 6.42 Å². The van der Waals surface area contributed by atoms with Gasteiger partial charge in [0.15, 0.2) is 0 Å². The molecule has 1 atom stereocenters. The van der Waals surface area contributed by atoms with Crippen molar-refractivity contribution in [2.24, 2.45) is 0 Å². The number of hydrogen-bond donors (Lipinski definition) is 0. The van der Waals surface area contributed by atoms with E-state index in [1.54, 1.807) is 6.07 Å². The minimum absolute atomic E-state index is 0.0303. The summed E-state index contributed by atoms with van der Waals surface area (Å²) in [6.07, 6.45) is 2.32. The predicted molar refractivity (Wildman–Crippen MR) is 63.1 cm³/mol. The Morgan fingerprint density at radius 1 is 1.65 bits per heavy atom. The van der Waals surface area contributed by atoms with Crippen LogP contribution < -0.4 is 4.74 Å². The summed E-state index contributed by atoms with van der Waals surface area (Å²) in [5.74, 6) is 0.0436. The molecule has 0 aliphatic carbocycles. The zero-order valence-corrected chi connectivity index (χ0v) is 10.9. The van der Waals surface area contributed by atoms with Crippen molar-refractivity contribution in [2.75, 3.05) is 20.3 Å². The molecule has 1 unspecified atom stereocenters. The largest absolute Gasteiger partial charge is 0.471 e. The van der Waals surface area contributed by atoms with Gasteiger partial charge in [0.05, 0.1) is 30.4 Å². The fraction of sp³-hybridized carbons (Fsp3) is 0.455. The van der Waals surface area contributed by atoms with Crippen molar-refractivity contribution in [3.05, 3.63) is 22.3 Å². The Kier molecular flexibility index (Phi) is 3.96. The smallest absolute Gasteiger partial charge is 0.339 e. The second-order valence-electron chi connectivity index (χ2n) is 3.61. The molecule has 0 spiro atoms. The molecule has 1 saturated heterocycles. The third-order valence-corrected chi connectivity index (χ3v) is 2.96. The number of hydrogen-bond acceptors (Lipinski definition) is 5. The van der Waals surface area contributed by atoms with Gasteiger partial charge >= 0.3 is 5.97 Å². The first kappa shape index (κ1) is 12.3. The highest BCUT2D eigenvalue weighted by atomic mass is 79.9. The number of halogens is 1. The lowest BCUT2D eigenvalue weighted by Gasteiger charge is -2.12. The van der Waals surface area contributed by atoms with Crippen molar-refractivity contribution in [2.45, 2.75) is 12.5 Å². The number of nitrogens with zero attached hydrogens (tertiary/aromatic N) is 1. The molecule has 0 aromatic carbocycles. The number of methoxy groups -OCH3 is 1. The highest BCUT2D eigenvalue weighted by Gasteiger charge is 2.19. The molecule has 2 heterocycles. The number of carbonyl (C=O) groups excluding carboxylic acids is 1. The fourth-order valence-electron chi connectivity index (χ4n) is 1.51. The van der Waals surface area contributed by atoms with Gasteiger partial charge < -0.3 is 14.2 Å². The molecule has 5 nitrogen and oxygen atoms in total. The van der Waals surface area contributed by atoms with Gasteiger partial charge in [0.2, 0.25) is 5.88 Å². The highest BCUT2D eigenvalue weighted by molar-refractivity contribution is 9.10. The molecule has 0 N–H and O–H groups in total. The summed E-state index contributed by atoms with van der Waals surface area (Å²) in [5, 5.41) is 0. The molecular weight excluding hydrogens is 290 g/mol. The van der Waals surface area contributed by atoms with Crippen molar-refractivity contribution in [1.29, 1.82) is 0 Å². The molecule has 1 fully saturated rings. The van der Waals surface area contributed by atoms with Crippen LogP contribution in [0.3, 0.4) is 0 Å². The molecule has 1 aromatic rings. The van der Waals surface area contributed by atoms with E-state index in [1.807, 2.05) is 0 Å². The lowest BCUT2D eigenvalue weighted by molar-refractivity contribution is 0.0600. The normalized spacial score (nSPS) is 19.1. The van der Waals surface area contributed by atoms with Crippen LogP contribution in [0.25, 0.3) is 0 Å². The van der Waals surface area contributed by atoms with Gasteiger partial charge in [-0.3, -0.25) is 0 Å². The van der Waals surface area contributed by atoms with Crippen molar-refractivity contribution in [1.82, 2.24) is 4.98 Å². The van der Waals surface area contributed by atoms with E-state index in [-0.39, 0.29) is 6.10 Å². The van der Waals surface area contributed by atoms with E-state index in [2.05, 4.69) is 25.7 Å². The maximum atomic E-state index is 11.3. The van der Waals surface area contributed by atoms with Gasteiger partial charge in [0, 0.05) is 12.6 Å². The van der Waals surface area contributed by atoms with E-state index >= 15 is 0 Å². The molecule has 2 rings (SSSR count). The Hall–Kier alpha value is -1.14. The van der Waals surface area contributed by atoms with Crippen LogP contribution >= 0.6 is 15.9 Å². The maximum Gasteiger partial charge on any atom is 0.339 e. The lowest BCUT2D eigenvalue weighted by atomic mass is 10.3. The summed E-state index contributed by atoms with van der Waals surface area (Å²) >= 11 is 3.32. The molecule has 0 amide bonds. The van der Waals surface area contributed by atoms with Crippen molar-refractivity contribution in [3.8, 4) is 5.88 Å². The highest BCUT2D eigenvalue weighted by Crippen LogP contribution is 2.25. The van der Waals surface area contributed by atoms with Gasteiger partial charge in [-0.25, -0.2) is 9.78 Å². The van der Waals surface area contributed by atoms with Crippen LogP contribution in [0.4, 0.5) is 0 Å². The average Bonchev–Trinajstić information content (AvgIpc) is 2.83. The summed E-state index contributed by atoms with van der Waals surface area (Å²) < 4.78 is 16.1. The van der Waals surface area contributed by atoms with Crippen molar-refractivity contribution < 1.29 is 19.0 Å². The SMILES string of the molecule is COC(=O)c1cnc(OC2CCOC2)c(Br)c1. The number of rotatable bonds is 3. The van der Waals surface area contributed by atoms with Crippen molar-refractivity contribution >= 4 is 21.9 Å². The Bertz CT molecular complexity index is 418. The summed E-state index contributed by atoms with van der Waals surface area (Å²) in [4.78, 5) is 15.4. The first-order valence-corrected chi connectivity index (χ1v) is 5.98. The van der Waals surface area contributed by atoms with Gasteiger partial charge in [-0.2, -0.15) is 0 Å². The topological polar surface area (TPSA) is 57.7 Å². The zero-order valence-electron chi connectivity index (χ0n) is 9.31. The molecule has 1 aliphatic rings. The number of pyridine rings is 1. The van der Waals surface area contributed by atoms with Gasteiger partial charge in [-0.15, -0.1) is 0 Å². The summed E-state index contributed by atoms with van der Waals surface area (Å²) in [6, 6.07) is 1.63. The van der Waals surface area contributed by atoms with Crippen LogP contribution in [0.1, 0.15) is 16.8 Å². The van der Waals surface area contributed by atoms with Gasteiger partial charge in [-0.05, 0) is 22.0 Å². The summed E-state index contributed by atoms with van der Waals surface area (Å²) in [5.41, 5.74) is 0.384. The first-order valence-electron chi connectivity index (χ1n) is 5.19. The number of aromatic nitrogens is 1. The van der Waals surface area contributed by atoms with Crippen LogP contribution in [0, 0.1) is 0 Å². The minimum Gasteiger partial charge on any atom is -0.471 e.